The third-order valence-corrected chi connectivity index (χ3v) is 4.87. The molecular formula is C17H27N5O. The third-order valence-electron chi connectivity index (χ3n) is 4.87. The average molecular weight is 317 g/mol. The molecule has 0 atom stereocenters. The van der Waals surface area contributed by atoms with Gasteiger partial charge in [-0.05, 0) is 38.6 Å². The second-order valence-corrected chi connectivity index (χ2v) is 6.68. The molecule has 2 aliphatic rings. The summed E-state index contributed by atoms with van der Waals surface area (Å²) in [5.74, 6) is 2.80. The quantitative estimate of drug-likeness (QED) is 0.881. The minimum atomic E-state index is 0.338. The van der Waals surface area contributed by atoms with Crippen LogP contribution in [0.5, 0.6) is 0 Å². The van der Waals surface area contributed by atoms with Gasteiger partial charge in [-0.2, -0.15) is 0 Å². The van der Waals surface area contributed by atoms with Crippen LogP contribution in [0.2, 0.25) is 0 Å². The van der Waals surface area contributed by atoms with Crippen LogP contribution in [0.3, 0.4) is 0 Å². The molecule has 0 spiro atoms. The number of aromatic nitrogens is 2. The zero-order valence-electron chi connectivity index (χ0n) is 14.0. The maximum absolute atomic E-state index is 11.8. The minimum absolute atomic E-state index is 0.338. The molecule has 0 unspecified atom stereocenters. The predicted molar refractivity (Wildman–Crippen MR) is 90.3 cm³/mol. The number of carbonyl (C=O) groups excluding carboxylic acids is 1. The average Bonchev–Trinajstić information content (AvgIpc) is 2.93. The first-order valence-corrected chi connectivity index (χ1v) is 8.73. The molecule has 23 heavy (non-hydrogen) atoms. The fourth-order valence-electron chi connectivity index (χ4n) is 3.60. The van der Waals surface area contributed by atoms with Gasteiger partial charge in [0, 0.05) is 50.8 Å². The number of rotatable bonds is 5. The monoisotopic (exact) mass is 317 g/mol. The second kappa shape index (κ2) is 7.25. The Bertz CT molecular complexity index is 554. The fraction of sp³-hybridized carbons (Fsp3) is 0.706. The van der Waals surface area contributed by atoms with Crippen molar-refractivity contribution in [3.05, 3.63) is 17.6 Å². The van der Waals surface area contributed by atoms with Gasteiger partial charge in [-0.25, -0.2) is 9.97 Å². The number of piperidine rings is 1. The SMILES string of the molecule is Cc1nc(CCN)cc(N2CCC(CN3CCCC3=O)CC2)n1. The van der Waals surface area contributed by atoms with Gasteiger partial charge in [-0.15, -0.1) is 0 Å². The second-order valence-electron chi connectivity index (χ2n) is 6.68. The van der Waals surface area contributed by atoms with E-state index in [1.807, 2.05) is 6.92 Å². The highest BCUT2D eigenvalue weighted by atomic mass is 16.2. The van der Waals surface area contributed by atoms with E-state index in [2.05, 4.69) is 25.8 Å². The highest BCUT2D eigenvalue weighted by Crippen LogP contribution is 2.24. The first-order valence-electron chi connectivity index (χ1n) is 8.73. The van der Waals surface area contributed by atoms with Crippen LogP contribution in [0.15, 0.2) is 6.07 Å². The molecule has 0 saturated carbocycles. The lowest BCUT2D eigenvalue weighted by Crippen LogP contribution is -2.39. The molecule has 0 aromatic carbocycles. The van der Waals surface area contributed by atoms with Gasteiger partial charge in [0.05, 0.1) is 0 Å². The van der Waals surface area contributed by atoms with Crippen molar-refractivity contribution in [2.45, 2.75) is 39.0 Å². The summed E-state index contributed by atoms with van der Waals surface area (Å²) < 4.78 is 0. The third kappa shape index (κ3) is 3.99. The Morgan fingerprint density at radius 3 is 2.70 bits per heavy atom. The molecule has 2 saturated heterocycles. The minimum Gasteiger partial charge on any atom is -0.356 e. The summed E-state index contributed by atoms with van der Waals surface area (Å²) in [7, 11) is 0. The number of nitrogens with two attached hydrogens (primary N) is 1. The number of hydrogen-bond donors (Lipinski definition) is 1. The Labute approximate surface area is 138 Å². The van der Waals surface area contributed by atoms with E-state index >= 15 is 0 Å². The maximum Gasteiger partial charge on any atom is 0.222 e. The molecule has 0 radical (unpaired) electrons. The van der Waals surface area contributed by atoms with Crippen LogP contribution in [0.4, 0.5) is 5.82 Å². The fourth-order valence-corrected chi connectivity index (χ4v) is 3.60. The van der Waals surface area contributed by atoms with Crippen LogP contribution in [0.1, 0.15) is 37.2 Å². The summed E-state index contributed by atoms with van der Waals surface area (Å²) in [4.78, 5) is 25.2. The Balaban J connectivity index is 1.57. The van der Waals surface area contributed by atoms with Crippen molar-refractivity contribution >= 4 is 11.7 Å². The largest absolute Gasteiger partial charge is 0.356 e. The van der Waals surface area contributed by atoms with Crippen LogP contribution in [0, 0.1) is 12.8 Å². The van der Waals surface area contributed by atoms with E-state index in [0.717, 1.165) is 75.6 Å². The molecule has 0 aliphatic carbocycles. The lowest BCUT2D eigenvalue weighted by Gasteiger charge is -2.34. The Morgan fingerprint density at radius 1 is 1.26 bits per heavy atom. The number of carbonyl (C=O) groups is 1. The van der Waals surface area contributed by atoms with Crippen molar-refractivity contribution in [1.82, 2.24) is 14.9 Å². The summed E-state index contributed by atoms with van der Waals surface area (Å²) in [6.07, 6.45) is 4.81. The van der Waals surface area contributed by atoms with E-state index in [9.17, 15) is 4.79 Å². The van der Waals surface area contributed by atoms with Crippen molar-refractivity contribution in [1.29, 1.82) is 0 Å². The molecule has 2 aliphatic heterocycles. The summed E-state index contributed by atoms with van der Waals surface area (Å²) in [5.41, 5.74) is 6.67. The van der Waals surface area contributed by atoms with Gasteiger partial charge in [0.2, 0.25) is 5.91 Å². The molecule has 2 N–H and O–H groups in total. The molecule has 2 fully saturated rings. The Hall–Kier alpha value is -1.69. The molecule has 126 valence electrons. The van der Waals surface area contributed by atoms with Crippen molar-refractivity contribution in [2.75, 3.05) is 37.6 Å². The maximum atomic E-state index is 11.8. The van der Waals surface area contributed by atoms with Crippen molar-refractivity contribution in [2.24, 2.45) is 11.7 Å². The summed E-state index contributed by atoms with van der Waals surface area (Å²) in [6.45, 7) is 6.45. The number of anilines is 1. The molecule has 6 heteroatoms. The van der Waals surface area contributed by atoms with Gasteiger partial charge in [0.15, 0.2) is 0 Å². The summed E-state index contributed by atoms with van der Waals surface area (Å²) in [6, 6.07) is 2.07. The van der Waals surface area contributed by atoms with Gasteiger partial charge >= 0.3 is 0 Å². The molecule has 3 heterocycles. The molecule has 6 nitrogen and oxygen atoms in total. The van der Waals surface area contributed by atoms with Crippen LogP contribution in [-0.2, 0) is 11.2 Å². The molecule has 0 bridgehead atoms. The first-order chi connectivity index (χ1) is 11.2. The van der Waals surface area contributed by atoms with Crippen LogP contribution in [-0.4, -0.2) is 53.5 Å². The Morgan fingerprint density at radius 2 is 2.04 bits per heavy atom. The highest BCUT2D eigenvalue weighted by molar-refractivity contribution is 5.78. The van der Waals surface area contributed by atoms with Gasteiger partial charge in [-0.3, -0.25) is 4.79 Å². The highest BCUT2D eigenvalue weighted by Gasteiger charge is 2.26. The molecule has 1 amide bonds. The lowest BCUT2D eigenvalue weighted by molar-refractivity contribution is -0.128. The van der Waals surface area contributed by atoms with Crippen LogP contribution < -0.4 is 10.6 Å². The van der Waals surface area contributed by atoms with Gasteiger partial charge < -0.3 is 15.5 Å². The topological polar surface area (TPSA) is 75.3 Å². The number of nitrogens with zero attached hydrogens (tertiary/aromatic N) is 4. The normalized spacial score (nSPS) is 19.7. The van der Waals surface area contributed by atoms with Gasteiger partial charge in [0.1, 0.15) is 11.6 Å². The number of amides is 1. The van der Waals surface area contributed by atoms with E-state index in [1.165, 1.54) is 0 Å². The molecular weight excluding hydrogens is 290 g/mol. The van der Waals surface area contributed by atoms with E-state index in [-0.39, 0.29) is 0 Å². The summed E-state index contributed by atoms with van der Waals surface area (Å²) >= 11 is 0. The first kappa shape index (κ1) is 16.2. The number of aryl methyl sites for hydroxylation is 1. The predicted octanol–water partition coefficient (Wildman–Crippen LogP) is 1.13. The lowest BCUT2D eigenvalue weighted by atomic mass is 9.96. The smallest absolute Gasteiger partial charge is 0.222 e. The van der Waals surface area contributed by atoms with E-state index in [1.54, 1.807) is 0 Å². The van der Waals surface area contributed by atoms with Crippen molar-refractivity contribution in [3.8, 4) is 0 Å². The van der Waals surface area contributed by atoms with Crippen molar-refractivity contribution < 1.29 is 4.79 Å². The Kier molecular flexibility index (Phi) is 5.10. The van der Waals surface area contributed by atoms with Gasteiger partial charge in [-0.1, -0.05) is 0 Å². The van der Waals surface area contributed by atoms with E-state index in [4.69, 9.17) is 5.73 Å². The van der Waals surface area contributed by atoms with E-state index < -0.39 is 0 Å². The van der Waals surface area contributed by atoms with Crippen LogP contribution >= 0.6 is 0 Å². The molecule has 1 aromatic rings. The standard InChI is InChI=1S/C17H27N5O/c1-13-19-15(4-7-18)11-16(20-13)21-9-5-14(6-10-21)12-22-8-2-3-17(22)23/h11,14H,2-10,12,18H2,1H3. The van der Waals surface area contributed by atoms with Crippen molar-refractivity contribution in [3.63, 3.8) is 0 Å². The number of likely N-dealkylation sites (tertiary alicyclic amines) is 1. The number of hydrogen-bond acceptors (Lipinski definition) is 5. The molecule has 1 aromatic heterocycles. The summed E-state index contributed by atoms with van der Waals surface area (Å²) in [5, 5.41) is 0. The van der Waals surface area contributed by atoms with Crippen LogP contribution in [0.25, 0.3) is 0 Å². The molecule has 3 rings (SSSR count). The van der Waals surface area contributed by atoms with Gasteiger partial charge in [0.25, 0.3) is 0 Å². The van der Waals surface area contributed by atoms with E-state index in [0.29, 0.717) is 18.4 Å². The zero-order valence-corrected chi connectivity index (χ0v) is 14.0. The zero-order chi connectivity index (χ0) is 16.2.